The molecule has 0 atom stereocenters. The SMILES string of the molecule is CCOC(=O)c1ccc(NC(=O)CSc2nnc(NC(=O)N(CC)CC)s2)cc1. The zero-order valence-electron chi connectivity index (χ0n) is 16.4. The van der Waals surface area contributed by atoms with Crippen LogP contribution in [0.25, 0.3) is 0 Å². The fourth-order valence-corrected chi connectivity index (χ4v) is 3.77. The van der Waals surface area contributed by atoms with Gasteiger partial charge < -0.3 is 15.0 Å². The normalized spacial score (nSPS) is 10.3. The standard InChI is InChI=1S/C18H23N5O4S2/c1-4-23(5-2)17(26)20-16-21-22-18(29-16)28-11-14(24)19-13-9-7-12(8-10-13)15(25)27-6-3/h7-10H,4-6,11H2,1-3H3,(H,19,24)(H,20,21,26). The number of anilines is 2. The molecule has 0 fully saturated rings. The first-order chi connectivity index (χ1) is 14.0. The number of benzene rings is 1. The van der Waals surface area contributed by atoms with Crippen molar-refractivity contribution in [2.75, 3.05) is 36.1 Å². The van der Waals surface area contributed by atoms with Crippen molar-refractivity contribution in [1.82, 2.24) is 15.1 Å². The summed E-state index contributed by atoms with van der Waals surface area (Å²) in [6.07, 6.45) is 0. The highest BCUT2D eigenvalue weighted by Gasteiger charge is 2.14. The monoisotopic (exact) mass is 437 g/mol. The van der Waals surface area contributed by atoms with Crippen LogP contribution < -0.4 is 10.6 Å². The highest BCUT2D eigenvalue weighted by atomic mass is 32.2. The molecule has 2 aromatic rings. The lowest BCUT2D eigenvalue weighted by Crippen LogP contribution is -2.34. The number of esters is 1. The molecule has 0 spiro atoms. The van der Waals surface area contributed by atoms with Gasteiger partial charge in [-0.05, 0) is 45.0 Å². The number of carbonyl (C=O) groups is 3. The first-order valence-corrected chi connectivity index (χ1v) is 10.9. The van der Waals surface area contributed by atoms with Crippen molar-refractivity contribution < 1.29 is 19.1 Å². The quantitative estimate of drug-likeness (QED) is 0.351. The molecule has 29 heavy (non-hydrogen) atoms. The summed E-state index contributed by atoms with van der Waals surface area (Å²) in [4.78, 5) is 37.4. The minimum absolute atomic E-state index is 0.137. The molecule has 1 aromatic heterocycles. The molecule has 0 saturated heterocycles. The van der Waals surface area contributed by atoms with E-state index in [1.165, 1.54) is 23.1 Å². The summed E-state index contributed by atoms with van der Waals surface area (Å²) in [6, 6.07) is 6.24. The van der Waals surface area contributed by atoms with Crippen molar-refractivity contribution in [3.05, 3.63) is 29.8 Å². The van der Waals surface area contributed by atoms with E-state index in [2.05, 4.69) is 20.8 Å². The first kappa shape index (κ1) is 22.6. The van der Waals surface area contributed by atoms with E-state index in [1.54, 1.807) is 36.1 Å². The summed E-state index contributed by atoms with van der Waals surface area (Å²) >= 11 is 2.43. The van der Waals surface area contributed by atoms with E-state index < -0.39 is 5.97 Å². The maximum atomic E-state index is 12.1. The van der Waals surface area contributed by atoms with Gasteiger partial charge in [-0.2, -0.15) is 0 Å². The predicted molar refractivity (Wildman–Crippen MR) is 114 cm³/mol. The van der Waals surface area contributed by atoms with Gasteiger partial charge in [-0.1, -0.05) is 23.1 Å². The Balaban J connectivity index is 1.81. The Bertz CT molecular complexity index is 837. The number of thioether (sulfide) groups is 1. The van der Waals surface area contributed by atoms with Crippen molar-refractivity contribution in [2.24, 2.45) is 0 Å². The number of ether oxygens (including phenoxy) is 1. The predicted octanol–water partition coefficient (Wildman–Crippen LogP) is 3.32. The maximum Gasteiger partial charge on any atom is 0.338 e. The Hall–Kier alpha value is -2.66. The fraction of sp³-hybridized carbons (Fsp3) is 0.389. The van der Waals surface area contributed by atoms with Crippen molar-refractivity contribution in [2.45, 2.75) is 25.1 Å². The Morgan fingerprint density at radius 3 is 2.38 bits per heavy atom. The number of rotatable bonds is 9. The number of hydrogen-bond acceptors (Lipinski definition) is 8. The fourth-order valence-electron chi connectivity index (χ4n) is 2.23. The molecular formula is C18H23N5O4S2. The number of hydrogen-bond donors (Lipinski definition) is 2. The molecule has 0 aliphatic carbocycles. The summed E-state index contributed by atoms with van der Waals surface area (Å²) in [5.74, 6) is -0.484. The molecule has 9 nitrogen and oxygen atoms in total. The van der Waals surface area contributed by atoms with Gasteiger partial charge in [0.05, 0.1) is 17.9 Å². The van der Waals surface area contributed by atoms with Crippen molar-refractivity contribution in [1.29, 1.82) is 0 Å². The number of amides is 3. The van der Waals surface area contributed by atoms with E-state index >= 15 is 0 Å². The Morgan fingerprint density at radius 1 is 1.07 bits per heavy atom. The van der Waals surface area contributed by atoms with Crippen LogP contribution in [0.1, 0.15) is 31.1 Å². The topological polar surface area (TPSA) is 114 Å². The van der Waals surface area contributed by atoms with Crippen molar-refractivity contribution in [3.63, 3.8) is 0 Å². The van der Waals surface area contributed by atoms with Gasteiger partial charge >= 0.3 is 12.0 Å². The molecule has 156 valence electrons. The van der Waals surface area contributed by atoms with E-state index in [9.17, 15) is 14.4 Å². The third-order valence-corrected chi connectivity index (χ3v) is 5.65. The van der Waals surface area contributed by atoms with Gasteiger partial charge in [0.25, 0.3) is 0 Å². The molecule has 0 saturated carbocycles. The summed E-state index contributed by atoms with van der Waals surface area (Å²) in [6.45, 7) is 7.04. The van der Waals surface area contributed by atoms with Crippen molar-refractivity contribution in [3.8, 4) is 0 Å². The van der Waals surface area contributed by atoms with Gasteiger partial charge in [0.15, 0.2) is 4.34 Å². The van der Waals surface area contributed by atoms with Gasteiger partial charge in [-0.15, -0.1) is 10.2 Å². The van der Waals surface area contributed by atoms with Gasteiger partial charge in [0.2, 0.25) is 11.0 Å². The van der Waals surface area contributed by atoms with Crippen molar-refractivity contribution >= 4 is 51.8 Å². The van der Waals surface area contributed by atoms with E-state index in [-0.39, 0.29) is 17.7 Å². The van der Waals surface area contributed by atoms with Crippen LogP contribution in [0, 0.1) is 0 Å². The minimum Gasteiger partial charge on any atom is -0.462 e. The maximum absolute atomic E-state index is 12.1. The lowest BCUT2D eigenvalue weighted by Gasteiger charge is -2.17. The second kappa shape index (κ2) is 11.4. The number of carbonyl (C=O) groups excluding carboxylic acids is 3. The van der Waals surface area contributed by atoms with E-state index in [1.807, 2.05) is 13.8 Å². The second-order valence-electron chi connectivity index (χ2n) is 5.61. The van der Waals surface area contributed by atoms with E-state index in [0.29, 0.717) is 40.4 Å². The first-order valence-electron chi connectivity index (χ1n) is 9.06. The Labute approximate surface area is 177 Å². The van der Waals surface area contributed by atoms with Crippen LogP contribution >= 0.6 is 23.1 Å². The number of nitrogens with zero attached hydrogens (tertiary/aromatic N) is 3. The minimum atomic E-state index is -0.402. The summed E-state index contributed by atoms with van der Waals surface area (Å²) < 4.78 is 5.49. The zero-order valence-corrected chi connectivity index (χ0v) is 18.1. The third-order valence-electron chi connectivity index (χ3n) is 3.68. The Morgan fingerprint density at radius 2 is 1.76 bits per heavy atom. The molecular weight excluding hydrogens is 414 g/mol. The summed E-state index contributed by atoms with van der Waals surface area (Å²) in [5, 5.41) is 13.7. The van der Waals surface area contributed by atoms with Crippen LogP contribution in [-0.4, -0.2) is 58.5 Å². The molecule has 0 aliphatic heterocycles. The number of nitrogens with one attached hydrogen (secondary N) is 2. The average Bonchev–Trinajstić information content (AvgIpc) is 3.15. The van der Waals surface area contributed by atoms with Gasteiger partial charge in [-0.25, -0.2) is 9.59 Å². The van der Waals surface area contributed by atoms with Crippen LogP contribution in [0.3, 0.4) is 0 Å². The van der Waals surface area contributed by atoms with Gasteiger partial charge in [0, 0.05) is 18.8 Å². The van der Waals surface area contributed by atoms with Crippen LogP contribution in [-0.2, 0) is 9.53 Å². The lowest BCUT2D eigenvalue weighted by atomic mass is 10.2. The highest BCUT2D eigenvalue weighted by Crippen LogP contribution is 2.25. The average molecular weight is 438 g/mol. The molecule has 0 unspecified atom stereocenters. The van der Waals surface area contributed by atoms with E-state index in [4.69, 9.17) is 4.74 Å². The van der Waals surface area contributed by atoms with Gasteiger partial charge in [0.1, 0.15) is 0 Å². The van der Waals surface area contributed by atoms with Crippen LogP contribution in [0.15, 0.2) is 28.6 Å². The van der Waals surface area contributed by atoms with Crippen LogP contribution in [0.4, 0.5) is 15.6 Å². The Kier molecular flexibility index (Phi) is 8.87. The highest BCUT2D eigenvalue weighted by molar-refractivity contribution is 8.01. The molecule has 0 bridgehead atoms. The van der Waals surface area contributed by atoms with Crippen LogP contribution in [0.2, 0.25) is 0 Å². The summed E-state index contributed by atoms with van der Waals surface area (Å²) in [7, 11) is 0. The number of aromatic nitrogens is 2. The van der Waals surface area contributed by atoms with E-state index in [0.717, 1.165) is 0 Å². The lowest BCUT2D eigenvalue weighted by molar-refractivity contribution is -0.113. The molecule has 1 heterocycles. The summed E-state index contributed by atoms with van der Waals surface area (Å²) in [5.41, 5.74) is 1.00. The van der Waals surface area contributed by atoms with Gasteiger partial charge in [-0.3, -0.25) is 10.1 Å². The van der Waals surface area contributed by atoms with Crippen LogP contribution in [0.5, 0.6) is 0 Å². The smallest absolute Gasteiger partial charge is 0.338 e. The third kappa shape index (κ3) is 7.02. The molecule has 0 radical (unpaired) electrons. The molecule has 2 N–H and O–H groups in total. The molecule has 11 heteroatoms. The number of urea groups is 1. The second-order valence-corrected chi connectivity index (χ2v) is 7.81. The molecule has 1 aromatic carbocycles. The largest absolute Gasteiger partial charge is 0.462 e. The molecule has 0 aliphatic rings. The molecule has 3 amide bonds. The zero-order chi connectivity index (χ0) is 21.2. The molecule has 2 rings (SSSR count).